The van der Waals surface area contributed by atoms with Gasteiger partial charge in [-0.2, -0.15) is 10.4 Å². The van der Waals surface area contributed by atoms with Gasteiger partial charge >= 0.3 is 7.82 Å². The van der Waals surface area contributed by atoms with E-state index in [2.05, 4.69) is 23.1 Å². The van der Waals surface area contributed by atoms with E-state index in [9.17, 15) is 19.9 Å². The van der Waals surface area contributed by atoms with Crippen LogP contribution >= 0.6 is 7.82 Å². The molecule has 2 saturated heterocycles. The van der Waals surface area contributed by atoms with Gasteiger partial charge in [-0.15, -0.1) is 0 Å². The van der Waals surface area contributed by atoms with E-state index in [0.717, 1.165) is 12.8 Å². The Morgan fingerprint density at radius 3 is 2.09 bits per heavy atom. The largest absolute Gasteiger partial charge is 0.530 e. The lowest BCUT2D eigenvalue weighted by molar-refractivity contribution is -0.384. The Labute approximate surface area is 378 Å². The molecule has 2 aliphatic rings. The van der Waals surface area contributed by atoms with E-state index in [1.54, 1.807) is 26.0 Å². The monoisotopic (exact) mass is 914 g/mol. The molecule has 0 bridgehead atoms. The van der Waals surface area contributed by atoms with E-state index in [0.29, 0.717) is 24.4 Å². The summed E-state index contributed by atoms with van der Waals surface area (Å²) in [5.41, 5.74) is 4.95. The summed E-state index contributed by atoms with van der Waals surface area (Å²) in [7, 11) is -4.54. The van der Waals surface area contributed by atoms with Gasteiger partial charge in [-0.25, -0.2) is 14.1 Å². The first-order valence-corrected chi connectivity index (χ1v) is 24.8. The van der Waals surface area contributed by atoms with Gasteiger partial charge in [-0.05, 0) is 50.5 Å². The standard InChI is InChI=1S/C46H71N6O11P/c1-6-7-8-9-10-11-12-13-14-15-16-17-18-19-20-21-28-56-30-38(57-29-35(2)3)31-58-64(55,63-37-24-22-36(23-25-37)52(53)54)59-32-40-42-43(62-45(4,5)61-42)46(33-47,60-40)41-27-26-39-44(48)49-34-50-51(39)41/h22-27,34-35,38,40,42-43H,6-21,28-32H2,1-5H3,(H2,48,49,50)/t38-,40-,42-,43-,46+,64?/m1/s1. The molecule has 6 atom stereocenters. The maximum Gasteiger partial charge on any atom is 0.530 e. The van der Waals surface area contributed by atoms with Crippen molar-refractivity contribution in [3.63, 3.8) is 0 Å². The van der Waals surface area contributed by atoms with Gasteiger partial charge in [0, 0.05) is 25.3 Å². The molecule has 17 nitrogen and oxygen atoms in total. The Morgan fingerprint density at radius 1 is 0.875 bits per heavy atom. The number of nitrogens with zero attached hydrogens (tertiary/aromatic N) is 5. The maximum absolute atomic E-state index is 14.6. The molecule has 4 heterocycles. The molecule has 64 heavy (non-hydrogen) atoms. The van der Waals surface area contributed by atoms with Crippen molar-refractivity contribution < 1.29 is 46.7 Å². The maximum atomic E-state index is 14.6. The first-order valence-electron chi connectivity index (χ1n) is 23.4. The van der Waals surface area contributed by atoms with E-state index in [1.165, 1.54) is 125 Å². The quantitative estimate of drug-likeness (QED) is 0.0267. The lowest BCUT2D eigenvalue weighted by atomic mass is 9.92. The van der Waals surface area contributed by atoms with Gasteiger partial charge in [-0.3, -0.25) is 19.2 Å². The second-order valence-electron chi connectivity index (χ2n) is 17.8. The van der Waals surface area contributed by atoms with Crippen LogP contribution in [0.2, 0.25) is 0 Å². The van der Waals surface area contributed by atoms with Crippen molar-refractivity contribution in [3.8, 4) is 11.8 Å². The van der Waals surface area contributed by atoms with Crippen LogP contribution < -0.4 is 10.3 Å². The van der Waals surface area contributed by atoms with Crippen molar-refractivity contribution >= 4 is 24.8 Å². The molecule has 5 rings (SSSR count). The Kier molecular flexibility index (Phi) is 20.2. The predicted octanol–water partition coefficient (Wildman–Crippen LogP) is 10.4. The van der Waals surface area contributed by atoms with Gasteiger partial charge in [0.25, 0.3) is 5.69 Å². The zero-order valence-corrected chi connectivity index (χ0v) is 39.4. The number of rotatable bonds is 32. The Morgan fingerprint density at radius 2 is 1.50 bits per heavy atom. The van der Waals surface area contributed by atoms with Gasteiger partial charge in [0.1, 0.15) is 48.1 Å². The predicted molar refractivity (Wildman–Crippen MR) is 242 cm³/mol. The normalized spacial score (nSPS) is 21.8. The molecule has 18 heteroatoms. The van der Waals surface area contributed by atoms with Crippen molar-refractivity contribution in [1.82, 2.24) is 14.6 Å². The van der Waals surface area contributed by atoms with Gasteiger partial charge < -0.3 is 33.9 Å². The smallest absolute Gasteiger partial charge is 0.404 e. The Balaban J connectivity index is 1.16. The minimum atomic E-state index is -4.54. The first-order chi connectivity index (χ1) is 30.8. The zero-order chi connectivity index (χ0) is 46.0. The van der Waals surface area contributed by atoms with E-state index >= 15 is 0 Å². The molecule has 0 aliphatic carbocycles. The molecule has 356 valence electrons. The summed E-state index contributed by atoms with van der Waals surface area (Å²) >= 11 is 0. The molecule has 1 unspecified atom stereocenters. The van der Waals surface area contributed by atoms with Crippen LogP contribution in [0.1, 0.15) is 143 Å². The summed E-state index contributed by atoms with van der Waals surface area (Å²) in [4.78, 5) is 14.8. The molecule has 0 spiro atoms. The van der Waals surface area contributed by atoms with Crippen LogP contribution in [0.3, 0.4) is 0 Å². The van der Waals surface area contributed by atoms with Gasteiger partial charge in [-0.1, -0.05) is 117 Å². The molecular weight excluding hydrogens is 844 g/mol. The highest BCUT2D eigenvalue weighted by Gasteiger charge is 2.65. The van der Waals surface area contributed by atoms with Crippen molar-refractivity contribution in [2.75, 3.05) is 38.8 Å². The summed E-state index contributed by atoms with van der Waals surface area (Å²) in [6, 6.07) is 10.7. The molecule has 0 saturated carbocycles. The molecule has 0 radical (unpaired) electrons. The topological polar surface area (TPSA) is 214 Å². The van der Waals surface area contributed by atoms with E-state index in [-0.39, 0.29) is 36.4 Å². The van der Waals surface area contributed by atoms with Crippen molar-refractivity contribution in [3.05, 3.63) is 58.5 Å². The number of phosphoric acid groups is 1. The molecule has 2 fully saturated rings. The molecular formula is C46H71N6O11P. The number of ether oxygens (including phenoxy) is 5. The van der Waals surface area contributed by atoms with Crippen LogP contribution in [0, 0.1) is 27.4 Å². The number of nitriles is 1. The van der Waals surface area contributed by atoms with Crippen LogP contribution in [0.15, 0.2) is 42.7 Å². The second kappa shape index (κ2) is 25.3. The number of anilines is 1. The van der Waals surface area contributed by atoms with E-state index in [4.69, 9.17) is 43.0 Å². The number of unbranched alkanes of at least 4 members (excludes halogenated alkanes) is 15. The number of hydrogen-bond acceptors (Lipinski definition) is 15. The average Bonchev–Trinajstić information content (AvgIpc) is 3.94. The molecule has 2 aliphatic heterocycles. The van der Waals surface area contributed by atoms with Gasteiger partial charge in [0.2, 0.25) is 5.60 Å². The SMILES string of the molecule is CCCCCCCCCCCCCCCCCCOC[C@H](COP(=O)(OC[C@H]1O[C@@](C#N)(c2ccc3c(N)ncnn23)[C@@H]2OC(C)(C)O[C@@H]21)Oc1ccc([N+](=O)[O-])cc1)OCC(C)C. The third kappa shape index (κ3) is 14.9. The number of non-ortho nitro benzene ring substituents is 1. The molecule has 2 aromatic heterocycles. The number of hydrogen-bond donors (Lipinski definition) is 1. The van der Waals surface area contributed by atoms with Crippen molar-refractivity contribution in [2.45, 2.75) is 173 Å². The Hall–Kier alpha value is -3.72. The van der Waals surface area contributed by atoms with Gasteiger partial charge in [0.15, 0.2) is 11.6 Å². The summed E-state index contributed by atoms with van der Waals surface area (Å²) in [5, 5.41) is 26.4. The fourth-order valence-electron chi connectivity index (χ4n) is 8.09. The van der Waals surface area contributed by atoms with Crippen LogP contribution in [0.4, 0.5) is 11.5 Å². The molecule has 0 amide bonds. The number of nitro benzene ring substituents is 1. The summed E-state index contributed by atoms with van der Waals surface area (Å²) < 4.78 is 65.1. The number of nitro groups is 1. The summed E-state index contributed by atoms with van der Waals surface area (Å²) in [6.07, 6.45) is 18.4. The second-order valence-corrected chi connectivity index (χ2v) is 19.4. The number of nitrogens with two attached hydrogens (primary N) is 1. The fraction of sp³-hybridized carbons (Fsp3) is 0.717. The Bertz CT molecular complexity index is 1960. The lowest BCUT2D eigenvalue weighted by Crippen LogP contribution is -2.40. The van der Waals surface area contributed by atoms with Crippen molar-refractivity contribution in [2.24, 2.45) is 5.92 Å². The number of phosphoric ester groups is 1. The van der Waals surface area contributed by atoms with Crippen LogP contribution in [0.5, 0.6) is 5.75 Å². The zero-order valence-electron chi connectivity index (χ0n) is 38.5. The molecule has 2 N–H and O–H groups in total. The minimum Gasteiger partial charge on any atom is -0.404 e. The molecule has 1 aromatic carbocycles. The van der Waals surface area contributed by atoms with E-state index < -0.39 is 55.2 Å². The van der Waals surface area contributed by atoms with Crippen LogP contribution in [-0.2, 0) is 42.9 Å². The number of fused-ring (bicyclic) bond motifs is 2. The summed E-state index contributed by atoms with van der Waals surface area (Å²) in [5.74, 6) is -0.712. The highest BCUT2D eigenvalue weighted by molar-refractivity contribution is 7.48. The number of aromatic nitrogens is 3. The highest BCUT2D eigenvalue weighted by Crippen LogP contribution is 2.53. The average molecular weight is 915 g/mol. The highest BCUT2D eigenvalue weighted by atomic mass is 31.2. The minimum absolute atomic E-state index is 0.00318. The summed E-state index contributed by atoms with van der Waals surface area (Å²) in [6.45, 7) is 10.2. The lowest BCUT2D eigenvalue weighted by Gasteiger charge is -2.29. The third-order valence-electron chi connectivity index (χ3n) is 11.5. The fourth-order valence-corrected chi connectivity index (χ4v) is 9.33. The van der Waals surface area contributed by atoms with Gasteiger partial charge in [0.05, 0.1) is 30.4 Å². The van der Waals surface area contributed by atoms with Crippen molar-refractivity contribution in [1.29, 1.82) is 5.26 Å². The first kappa shape index (κ1) is 51.3. The van der Waals surface area contributed by atoms with Crippen LogP contribution in [-0.4, -0.2) is 82.8 Å². The van der Waals surface area contributed by atoms with E-state index in [1.807, 2.05) is 13.8 Å². The number of benzene rings is 1. The molecule has 3 aromatic rings. The number of nitrogen functional groups attached to an aromatic ring is 1. The third-order valence-corrected chi connectivity index (χ3v) is 12.8. The van der Waals surface area contributed by atoms with Crippen LogP contribution in [0.25, 0.3) is 5.52 Å².